The van der Waals surface area contributed by atoms with Gasteiger partial charge in [0, 0.05) is 11.9 Å². The number of rotatable bonds is 2. The number of carboxylic acids is 1. The van der Waals surface area contributed by atoms with E-state index in [-0.39, 0.29) is 13.8 Å². The average Bonchev–Trinajstić information content (AvgIpc) is 2.15. The van der Waals surface area contributed by atoms with Gasteiger partial charge in [0.1, 0.15) is 0 Å². The fourth-order valence-electron chi connectivity index (χ4n) is 0.544. The monoisotopic (exact) mass is 142 g/mol. The van der Waals surface area contributed by atoms with E-state index < -0.39 is 5.97 Å². The highest BCUT2D eigenvalue weighted by Gasteiger charge is 1.98. The fourth-order valence-corrected chi connectivity index (χ4v) is 0.544. The molecule has 4 nitrogen and oxygen atoms in total. The Hall–Kier alpha value is -1.32. The molecule has 0 unspecified atom stereocenters. The van der Waals surface area contributed by atoms with Crippen molar-refractivity contribution < 1.29 is 9.90 Å². The molecule has 0 radical (unpaired) electrons. The normalized spacial score (nSPS) is 8.40. The van der Waals surface area contributed by atoms with Gasteiger partial charge in [-0.05, 0) is 0 Å². The number of aliphatic carboxylic acids is 1. The summed E-state index contributed by atoms with van der Waals surface area (Å²) >= 11 is 0. The van der Waals surface area contributed by atoms with Crippen LogP contribution in [0.15, 0.2) is 12.5 Å². The van der Waals surface area contributed by atoms with Crippen molar-refractivity contribution in [3.8, 4) is 0 Å². The van der Waals surface area contributed by atoms with Crippen molar-refractivity contribution in [2.45, 2.75) is 13.8 Å². The van der Waals surface area contributed by atoms with Crippen molar-refractivity contribution in [3.63, 3.8) is 0 Å². The molecular formula is C6H10N2O2. The number of aromatic nitrogens is 2. The molecule has 10 heavy (non-hydrogen) atoms. The van der Waals surface area contributed by atoms with Gasteiger partial charge in [-0.1, -0.05) is 7.43 Å². The van der Waals surface area contributed by atoms with Crippen molar-refractivity contribution >= 4 is 5.97 Å². The number of hydrogen-bond donors (Lipinski definition) is 2. The van der Waals surface area contributed by atoms with Crippen molar-refractivity contribution in [2.24, 2.45) is 0 Å². The van der Waals surface area contributed by atoms with E-state index in [2.05, 4.69) is 9.97 Å². The van der Waals surface area contributed by atoms with E-state index >= 15 is 0 Å². The van der Waals surface area contributed by atoms with Crippen LogP contribution in [0.1, 0.15) is 13.1 Å². The van der Waals surface area contributed by atoms with Crippen LogP contribution in [0.25, 0.3) is 0 Å². The lowest BCUT2D eigenvalue weighted by atomic mass is 10.3. The number of hydrogen-bond acceptors (Lipinski definition) is 2. The van der Waals surface area contributed by atoms with E-state index in [9.17, 15) is 4.79 Å². The molecule has 1 rings (SSSR count). The van der Waals surface area contributed by atoms with Gasteiger partial charge in [0.15, 0.2) is 0 Å². The zero-order valence-electron chi connectivity index (χ0n) is 4.66. The summed E-state index contributed by atoms with van der Waals surface area (Å²) in [5, 5.41) is 8.24. The van der Waals surface area contributed by atoms with E-state index in [0.717, 1.165) is 0 Å². The third kappa shape index (κ3) is 2.30. The molecule has 0 saturated heterocycles. The Kier molecular flexibility index (Phi) is 3.17. The maximum atomic E-state index is 10.0. The van der Waals surface area contributed by atoms with Gasteiger partial charge >= 0.3 is 5.97 Å². The Morgan fingerprint density at radius 3 is 2.90 bits per heavy atom. The first-order chi connectivity index (χ1) is 4.29. The second-order valence-electron chi connectivity index (χ2n) is 1.65. The second kappa shape index (κ2) is 3.66. The predicted molar refractivity (Wildman–Crippen MR) is 36.7 cm³/mol. The van der Waals surface area contributed by atoms with E-state index in [1.807, 2.05) is 0 Å². The lowest BCUT2D eigenvalue weighted by Gasteiger charge is -1.85. The topological polar surface area (TPSA) is 66.0 Å². The van der Waals surface area contributed by atoms with Crippen LogP contribution in [0.3, 0.4) is 0 Å². The minimum Gasteiger partial charge on any atom is -0.481 e. The van der Waals surface area contributed by atoms with Crippen LogP contribution in [-0.4, -0.2) is 21.0 Å². The van der Waals surface area contributed by atoms with Gasteiger partial charge < -0.3 is 10.1 Å². The molecule has 0 aliphatic heterocycles. The number of nitrogens with one attached hydrogen (secondary N) is 1. The first kappa shape index (κ1) is 8.68. The number of carbonyl (C=O) groups is 1. The Morgan fingerprint density at radius 1 is 1.80 bits per heavy atom. The van der Waals surface area contributed by atoms with Crippen LogP contribution in [0.4, 0.5) is 0 Å². The molecule has 1 aromatic heterocycles. The van der Waals surface area contributed by atoms with Gasteiger partial charge in [0.2, 0.25) is 0 Å². The molecule has 4 heteroatoms. The Morgan fingerprint density at radius 2 is 2.50 bits per heavy atom. The van der Waals surface area contributed by atoms with Crippen molar-refractivity contribution in [3.05, 3.63) is 18.2 Å². The SMILES string of the molecule is C.O=C(O)Cc1cnc[nH]1. The molecule has 0 fully saturated rings. The van der Waals surface area contributed by atoms with Gasteiger partial charge in [-0.15, -0.1) is 0 Å². The van der Waals surface area contributed by atoms with E-state index in [0.29, 0.717) is 5.69 Å². The van der Waals surface area contributed by atoms with Gasteiger partial charge in [-0.25, -0.2) is 4.98 Å². The molecule has 56 valence electrons. The molecule has 2 N–H and O–H groups in total. The predicted octanol–water partition coefficient (Wildman–Crippen LogP) is 0.673. The number of H-pyrrole nitrogens is 1. The maximum absolute atomic E-state index is 10.0. The Labute approximate surface area is 58.9 Å². The quantitative estimate of drug-likeness (QED) is 0.637. The smallest absolute Gasteiger partial charge is 0.309 e. The molecule has 0 spiro atoms. The molecule has 1 heterocycles. The van der Waals surface area contributed by atoms with Crippen LogP contribution in [0.5, 0.6) is 0 Å². The number of carboxylic acid groups (broad SMARTS) is 1. The van der Waals surface area contributed by atoms with Crippen LogP contribution in [0, 0.1) is 0 Å². The van der Waals surface area contributed by atoms with E-state index in [4.69, 9.17) is 5.11 Å². The molecule has 0 bridgehead atoms. The van der Waals surface area contributed by atoms with Gasteiger partial charge in [0.25, 0.3) is 0 Å². The minimum atomic E-state index is -0.848. The summed E-state index contributed by atoms with van der Waals surface area (Å²) in [6, 6.07) is 0. The maximum Gasteiger partial charge on any atom is 0.309 e. The summed E-state index contributed by atoms with van der Waals surface area (Å²) in [4.78, 5) is 16.4. The lowest BCUT2D eigenvalue weighted by Crippen LogP contribution is -1.99. The van der Waals surface area contributed by atoms with Crippen LogP contribution in [0.2, 0.25) is 0 Å². The van der Waals surface area contributed by atoms with Crippen molar-refractivity contribution in [2.75, 3.05) is 0 Å². The van der Waals surface area contributed by atoms with Gasteiger partial charge in [0.05, 0.1) is 12.7 Å². The molecule has 1 aromatic rings. The fraction of sp³-hybridized carbons (Fsp3) is 0.333. The zero-order valence-corrected chi connectivity index (χ0v) is 4.66. The third-order valence-electron chi connectivity index (χ3n) is 0.897. The van der Waals surface area contributed by atoms with Crippen LogP contribution >= 0.6 is 0 Å². The largest absolute Gasteiger partial charge is 0.481 e. The van der Waals surface area contributed by atoms with Crippen molar-refractivity contribution in [1.29, 1.82) is 0 Å². The summed E-state index contributed by atoms with van der Waals surface area (Å²) < 4.78 is 0. The van der Waals surface area contributed by atoms with Gasteiger partial charge in [-0.3, -0.25) is 4.79 Å². The van der Waals surface area contributed by atoms with E-state index in [1.54, 1.807) is 0 Å². The molecular weight excluding hydrogens is 132 g/mol. The third-order valence-corrected chi connectivity index (χ3v) is 0.897. The van der Waals surface area contributed by atoms with Crippen LogP contribution < -0.4 is 0 Å². The average molecular weight is 142 g/mol. The highest BCUT2D eigenvalue weighted by molar-refractivity contribution is 5.69. The lowest BCUT2D eigenvalue weighted by molar-refractivity contribution is -0.136. The second-order valence-corrected chi connectivity index (χ2v) is 1.65. The van der Waals surface area contributed by atoms with Gasteiger partial charge in [-0.2, -0.15) is 0 Å². The molecule has 0 amide bonds. The summed E-state index contributed by atoms with van der Waals surface area (Å²) in [6.45, 7) is 0. The number of nitrogens with zero attached hydrogens (tertiary/aromatic N) is 1. The molecule has 0 saturated carbocycles. The van der Waals surface area contributed by atoms with Crippen LogP contribution in [-0.2, 0) is 11.2 Å². The molecule has 0 aromatic carbocycles. The molecule has 0 aliphatic carbocycles. The molecule has 0 atom stereocenters. The van der Waals surface area contributed by atoms with Crippen molar-refractivity contribution in [1.82, 2.24) is 9.97 Å². The first-order valence-electron chi connectivity index (χ1n) is 2.48. The highest BCUT2D eigenvalue weighted by Crippen LogP contribution is 1.90. The summed E-state index contributed by atoms with van der Waals surface area (Å²) in [5.74, 6) is -0.848. The number of aromatic amines is 1. The summed E-state index contributed by atoms with van der Waals surface area (Å²) in [7, 11) is 0. The molecule has 0 aliphatic rings. The standard InChI is InChI=1S/C5H6N2O2.CH4/c8-5(9)1-4-2-6-3-7-4;/h2-3H,1H2,(H,6,7)(H,8,9);1H4. The minimum absolute atomic E-state index is 0. The Bertz CT molecular complexity index is 194. The Balaban J connectivity index is 0.000000810. The first-order valence-corrected chi connectivity index (χ1v) is 2.48. The zero-order chi connectivity index (χ0) is 6.69. The highest BCUT2D eigenvalue weighted by atomic mass is 16.4. The summed E-state index contributed by atoms with van der Waals surface area (Å²) in [5.41, 5.74) is 0.627. The van der Waals surface area contributed by atoms with E-state index in [1.165, 1.54) is 12.5 Å². The number of imidazole rings is 1. The summed E-state index contributed by atoms with van der Waals surface area (Å²) in [6.07, 6.45) is 2.96.